The van der Waals surface area contributed by atoms with E-state index >= 15 is 0 Å². The number of nitrogens with one attached hydrogen (secondary N) is 1. The number of hydrogen-bond acceptors (Lipinski definition) is 5. The van der Waals surface area contributed by atoms with Gasteiger partial charge in [0.05, 0.1) is 30.8 Å². The van der Waals surface area contributed by atoms with Crippen LogP contribution in [0.3, 0.4) is 0 Å². The summed E-state index contributed by atoms with van der Waals surface area (Å²) >= 11 is 0. The van der Waals surface area contributed by atoms with Crippen LogP contribution in [-0.4, -0.2) is 18.8 Å². The predicted octanol–water partition coefficient (Wildman–Crippen LogP) is 7.66. The van der Waals surface area contributed by atoms with Crippen LogP contribution in [0.1, 0.15) is 46.5 Å². The third-order valence-electron chi connectivity index (χ3n) is 8.11. The van der Waals surface area contributed by atoms with Crippen LogP contribution in [0.4, 0.5) is 11.4 Å². The van der Waals surface area contributed by atoms with E-state index in [1.165, 1.54) is 0 Å². The molecule has 0 saturated carbocycles. The lowest BCUT2D eigenvalue weighted by Gasteiger charge is -2.35. The molecule has 0 fully saturated rings. The van der Waals surface area contributed by atoms with Gasteiger partial charge in [-0.2, -0.15) is 0 Å². The highest BCUT2D eigenvalue weighted by atomic mass is 16.5. The summed E-state index contributed by atoms with van der Waals surface area (Å²) in [6, 6.07) is 32.1. The Morgan fingerprint density at radius 1 is 0.878 bits per heavy atom. The van der Waals surface area contributed by atoms with E-state index in [4.69, 9.17) is 9.15 Å². The average Bonchev–Trinajstić information content (AvgIpc) is 3.51. The van der Waals surface area contributed by atoms with Crippen LogP contribution in [0.5, 0.6) is 5.75 Å². The minimum Gasteiger partial charge on any atom is -0.496 e. The molecule has 41 heavy (non-hydrogen) atoms. The molecular weight excluding hydrogens is 512 g/mol. The summed E-state index contributed by atoms with van der Waals surface area (Å²) in [7, 11) is 1.61. The fourth-order valence-corrected chi connectivity index (χ4v) is 6.27. The summed E-state index contributed by atoms with van der Waals surface area (Å²) in [5.74, 6) is 1.07. The van der Waals surface area contributed by atoms with Gasteiger partial charge >= 0.3 is 0 Å². The normalized spacial score (nSPS) is 18.4. The SMILES string of the molecule is COc1ccccc1C1C2=C(CC(c3ccco3)CC2=O)Nc2ccccc2N1C(=O)c1cccc2ccccc12. The topological polar surface area (TPSA) is 71.8 Å². The number of carbonyl (C=O) groups excluding carboxylic acids is 2. The predicted molar refractivity (Wildman–Crippen MR) is 159 cm³/mol. The number of Topliss-reactive ketones (excluding diaryl/α,β-unsaturated/α-hetero) is 1. The molecule has 202 valence electrons. The van der Waals surface area contributed by atoms with E-state index in [1.54, 1.807) is 18.3 Å². The van der Waals surface area contributed by atoms with Crippen LogP contribution in [-0.2, 0) is 4.79 Å². The zero-order valence-corrected chi connectivity index (χ0v) is 22.5. The molecular formula is C35H28N2O4. The Kier molecular flexibility index (Phi) is 6.16. The Labute approximate surface area is 237 Å². The Hall–Kier alpha value is -5.10. The number of benzene rings is 4. The van der Waals surface area contributed by atoms with Crippen molar-refractivity contribution in [2.24, 2.45) is 0 Å². The summed E-state index contributed by atoms with van der Waals surface area (Å²) in [6.07, 6.45) is 2.50. The maximum atomic E-state index is 14.9. The fourth-order valence-electron chi connectivity index (χ4n) is 6.27. The first-order valence-corrected chi connectivity index (χ1v) is 13.7. The summed E-state index contributed by atoms with van der Waals surface area (Å²) in [4.78, 5) is 30.8. The molecule has 2 heterocycles. The third kappa shape index (κ3) is 4.19. The van der Waals surface area contributed by atoms with E-state index in [0.717, 1.165) is 33.5 Å². The molecule has 0 radical (unpaired) electrons. The van der Waals surface area contributed by atoms with E-state index in [1.807, 2.05) is 103 Å². The summed E-state index contributed by atoms with van der Waals surface area (Å²) in [6.45, 7) is 0. The van der Waals surface area contributed by atoms with Gasteiger partial charge in [0, 0.05) is 34.7 Å². The van der Waals surface area contributed by atoms with Crippen LogP contribution in [0, 0.1) is 0 Å². The van der Waals surface area contributed by atoms with Crippen LogP contribution < -0.4 is 15.0 Å². The molecule has 1 N–H and O–H groups in total. The van der Waals surface area contributed by atoms with Crippen molar-refractivity contribution in [3.63, 3.8) is 0 Å². The highest BCUT2D eigenvalue weighted by Crippen LogP contribution is 2.49. The number of furan rings is 1. The molecule has 2 unspecified atom stereocenters. The molecule has 6 heteroatoms. The van der Waals surface area contributed by atoms with Gasteiger partial charge in [0.2, 0.25) is 0 Å². The number of amides is 1. The fraction of sp³-hybridized carbons (Fsp3) is 0.143. The number of hydrogen-bond donors (Lipinski definition) is 1. The Bertz CT molecular complexity index is 1820. The standard InChI is InChI=1S/C35H28N2O4/c1-40-32-17-7-4-13-26(32)34-33-28(20-23(21-30(33)38)31-18-9-19-41-31)36-27-15-5-6-16-29(27)37(34)35(39)25-14-8-11-22-10-2-3-12-24(22)25/h2-19,23,34,36H,20-21H2,1H3. The van der Waals surface area contributed by atoms with Crippen molar-refractivity contribution in [3.05, 3.63) is 138 Å². The minimum atomic E-state index is -0.714. The van der Waals surface area contributed by atoms with Gasteiger partial charge in [-0.05, 0) is 53.6 Å². The molecule has 7 rings (SSSR count). The molecule has 0 bridgehead atoms. The number of rotatable bonds is 4. The number of ether oxygens (including phenoxy) is 1. The number of methoxy groups -OCH3 is 1. The molecule has 1 aliphatic carbocycles. The zero-order chi connectivity index (χ0) is 27.9. The molecule has 6 nitrogen and oxygen atoms in total. The second kappa shape index (κ2) is 10.1. The molecule has 4 aromatic carbocycles. The van der Waals surface area contributed by atoms with Crippen molar-refractivity contribution in [3.8, 4) is 5.75 Å². The Morgan fingerprint density at radius 3 is 2.51 bits per heavy atom. The monoisotopic (exact) mass is 540 g/mol. The van der Waals surface area contributed by atoms with Gasteiger partial charge in [-0.25, -0.2) is 0 Å². The van der Waals surface area contributed by atoms with E-state index in [0.29, 0.717) is 29.0 Å². The zero-order valence-electron chi connectivity index (χ0n) is 22.5. The molecule has 2 atom stereocenters. The number of carbonyl (C=O) groups is 2. The molecule has 1 amide bonds. The quantitative estimate of drug-likeness (QED) is 0.253. The van der Waals surface area contributed by atoms with Crippen LogP contribution in [0.25, 0.3) is 10.8 Å². The summed E-state index contributed by atoms with van der Waals surface area (Å²) in [5.41, 5.74) is 4.14. The summed E-state index contributed by atoms with van der Waals surface area (Å²) < 4.78 is 11.5. The maximum absolute atomic E-state index is 14.9. The van der Waals surface area contributed by atoms with Gasteiger partial charge in [0.1, 0.15) is 11.5 Å². The maximum Gasteiger partial charge on any atom is 0.259 e. The van der Waals surface area contributed by atoms with Crippen LogP contribution in [0.15, 0.2) is 125 Å². The van der Waals surface area contributed by atoms with Crippen molar-refractivity contribution in [1.82, 2.24) is 0 Å². The number of fused-ring (bicyclic) bond motifs is 2. The number of ketones is 1. The number of allylic oxidation sites excluding steroid dienone is 1. The molecule has 2 aliphatic rings. The smallest absolute Gasteiger partial charge is 0.259 e. The second-order valence-electron chi connectivity index (χ2n) is 10.4. The average molecular weight is 541 g/mol. The molecule has 0 spiro atoms. The van der Waals surface area contributed by atoms with Gasteiger partial charge in [-0.3, -0.25) is 14.5 Å². The van der Waals surface area contributed by atoms with Crippen molar-refractivity contribution >= 4 is 33.8 Å². The highest BCUT2D eigenvalue weighted by Gasteiger charge is 2.43. The number of anilines is 2. The van der Waals surface area contributed by atoms with E-state index in [9.17, 15) is 9.59 Å². The largest absolute Gasteiger partial charge is 0.496 e. The van der Waals surface area contributed by atoms with E-state index in [-0.39, 0.29) is 24.0 Å². The Balaban J connectivity index is 1.49. The first-order valence-electron chi connectivity index (χ1n) is 13.7. The first kappa shape index (κ1) is 24.9. The Morgan fingerprint density at radius 2 is 1.66 bits per heavy atom. The first-order chi connectivity index (χ1) is 20.1. The molecule has 1 aromatic heterocycles. The van der Waals surface area contributed by atoms with Gasteiger partial charge in [0.15, 0.2) is 5.78 Å². The van der Waals surface area contributed by atoms with Gasteiger partial charge in [-0.15, -0.1) is 0 Å². The van der Waals surface area contributed by atoms with Gasteiger partial charge < -0.3 is 14.5 Å². The van der Waals surface area contributed by atoms with Crippen LogP contribution >= 0.6 is 0 Å². The van der Waals surface area contributed by atoms with Crippen LogP contribution in [0.2, 0.25) is 0 Å². The summed E-state index contributed by atoms with van der Waals surface area (Å²) in [5, 5.41) is 5.41. The van der Waals surface area contributed by atoms with E-state index < -0.39 is 6.04 Å². The number of nitrogens with zero attached hydrogens (tertiary/aromatic N) is 1. The van der Waals surface area contributed by atoms with Crippen molar-refractivity contribution in [1.29, 1.82) is 0 Å². The number of para-hydroxylation sites is 3. The van der Waals surface area contributed by atoms with Gasteiger partial charge in [0.25, 0.3) is 5.91 Å². The lowest BCUT2D eigenvalue weighted by molar-refractivity contribution is -0.116. The second-order valence-corrected chi connectivity index (χ2v) is 10.4. The van der Waals surface area contributed by atoms with E-state index in [2.05, 4.69) is 5.32 Å². The molecule has 5 aromatic rings. The minimum absolute atomic E-state index is 0.0282. The third-order valence-corrected chi connectivity index (χ3v) is 8.11. The van der Waals surface area contributed by atoms with Crippen molar-refractivity contribution in [2.45, 2.75) is 24.8 Å². The lowest BCUT2D eigenvalue weighted by Crippen LogP contribution is -2.38. The highest BCUT2D eigenvalue weighted by molar-refractivity contribution is 6.17. The van der Waals surface area contributed by atoms with Crippen molar-refractivity contribution < 1.29 is 18.7 Å². The van der Waals surface area contributed by atoms with Crippen molar-refractivity contribution in [2.75, 3.05) is 17.3 Å². The lowest BCUT2D eigenvalue weighted by atomic mass is 9.79. The van der Waals surface area contributed by atoms with Gasteiger partial charge in [-0.1, -0.05) is 66.7 Å². The molecule has 0 saturated heterocycles. The molecule has 1 aliphatic heterocycles.